The average Bonchev–Trinajstić information content (AvgIpc) is 2.71. The Morgan fingerprint density at radius 1 is 1.10 bits per heavy atom. The molecular weight excluding hydrogens is 425 g/mol. The van der Waals surface area contributed by atoms with E-state index in [4.69, 9.17) is 14.7 Å². The quantitative estimate of drug-likeness (QED) is 0.473. The number of hydrogen-bond donors (Lipinski definition) is 1. The Labute approximate surface area is 171 Å². The van der Waals surface area contributed by atoms with Gasteiger partial charge in [-0.05, 0) is 42.5 Å². The molecule has 30 heavy (non-hydrogen) atoms. The summed E-state index contributed by atoms with van der Waals surface area (Å²) in [7, 11) is -4.21. The van der Waals surface area contributed by atoms with Crippen LogP contribution < -0.4 is 9.46 Å². The van der Waals surface area contributed by atoms with Gasteiger partial charge in [-0.2, -0.15) is 18.4 Å². The van der Waals surface area contributed by atoms with Crippen LogP contribution in [0.25, 0.3) is 0 Å². The number of alkyl halides is 3. The van der Waals surface area contributed by atoms with Crippen molar-refractivity contribution in [2.75, 3.05) is 19.8 Å². The molecule has 0 fully saturated rings. The molecule has 0 aliphatic rings. The number of carbonyl (C=O) groups is 1. The molecule has 0 aromatic heterocycles. The number of esters is 1. The number of carbonyl (C=O) groups excluding carboxylic acids is 1. The number of nitriles is 1. The lowest BCUT2D eigenvalue weighted by atomic mass is 10.2. The molecule has 2 aromatic carbocycles. The maximum absolute atomic E-state index is 12.7. The monoisotopic (exact) mass is 442 g/mol. The zero-order chi connectivity index (χ0) is 22.2. The van der Waals surface area contributed by atoms with Crippen LogP contribution in [0.5, 0.6) is 5.75 Å². The van der Waals surface area contributed by atoms with Gasteiger partial charge in [0.25, 0.3) is 0 Å². The number of rotatable bonds is 9. The molecule has 1 N–H and O–H groups in total. The summed E-state index contributed by atoms with van der Waals surface area (Å²) in [4.78, 5) is 11.1. The fourth-order valence-electron chi connectivity index (χ4n) is 2.22. The molecule has 0 saturated carbocycles. The number of hydrogen-bond acceptors (Lipinski definition) is 6. The molecule has 0 radical (unpaired) electrons. The van der Waals surface area contributed by atoms with Gasteiger partial charge >= 0.3 is 12.1 Å². The van der Waals surface area contributed by atoms with Crippen molar-refractivity contribution in [1.29, 1.82) is 5.26 Å². The first-order chi connectivity index (χ1) is 14.1. The van der Waals surface area contributed by atoms with Crippen molar-refractivity contribution in [2.45, 2.75) is 17.5 Å². The van der Waals surface area contributed by atoms with E-state index in [1.807, 2.05) is 6.07 Å². The first kappa shape index (κ1) is 23.2. The van der Waals surface area contributed by atoms with E-state index in [1.165, 1.54) is 0 Å². The number of nitrogens with zero attached hydrogens (tertiary/aromatic N) is 1. The Morgan fingerprint density at radius 2 is 1.80 bits per heavy atom. The van der Waals surface area contributed by atoms with Crippen molar-refractivity contribution in [3.63, 3.8) is 0 Å². The highest BCUT2D eigenvalue weighted by molar-refractivity contribution is 7.89. The van der Waals surface area contributed by atoms with E-state index in [0.717, 1.165) is 18.2 Å². The molecule has 0 amide bonds. The summed E-state index contributed by atoms with van der Waals surface area (Å²) in [5.41, 5.74) is -0.617. The number of halogens is 3. The Morgan fingerprint density at radius 3 is 2.43 bits per heavy atom. The zero-order valence-corrected chi connectivity index (χ0v) is 16.3. The maximum atomic E-state index is 12.7. The van der Waals surface area contributed by atoms with Crippen molar-refractivity contribution < 1.29 is 35.9 Å². The Balaban J connectivity index is 1.73. The molecule has 0 spiro atoms. The zero-order valence-electron chi connectivity index (χ0n) is 15.5. The molecule has 0 aliphatic carbocycles. The molecule has 7 nitrogen and oxygen atoms in total. The summed E-state index contributed by atoms with van der Waals surface area (Å²) in [6.45, 7) is -0.374. The van der Waals surface area contributed by atoms with E-state index in [-0.39, 0.29) is 26.2 Å². The van der Waals surface area contributed by atoms with Gasteiger partial charge in [-0.3, -0.25) is 4.79 Å². The molecule has 2 aromatic rings. The lowest BCUT2D eigenvalue weighted by Crippen LogP contribution is -2.27. The largest absolute Gasteiger partial charge is 0.490 e. The van der Waals surface area contributed by atoms with Gasteiger partial charge in [0.2, 0.25) is 10.0 Å². The second kappa shape index (κ2) is 10.1. The minimum atomic E-state index is -4.67. The highest BCUT2D eigenvalue weighted by Gasteiger charge is 2.31. The molecule has 11 heteroatoms. The van der Waals surface area contributed by atoms with Crippen LogP contribution in [-0.4, -0.2) is 34.1 Å². The first-order valence-electron chi connectivity index (χ1n) is 8.57. The third-order valence-electron chi connectivity index (χ3n) is 3.69. The summed E-state index contributed by atoms with van der Waals surface area (Å²) >= 11 is 0. The second-order valence-electron chi connectivity index (χ2n) is 5.88. The van der Waals surface area contributed by atoms with Gasteiger partial charge in [0, 0.05) is 6.54 Å². The van der Waals surface area contributed by atoms with Gasteiger partial charge in [-0.1, -0.05) is 6.07 Å². The van der Waals surface area contributed by atoms with E-state index in [9.17, 15) is 26.4 Å². The Bertz CT molecular complexity index is 1020. The predicted octanol–water partition coefficient (Wildman–Crippen LogP) is 2.87. The smallest absolute Gasteiger partial charge is 0.416 e. The fourth-order valence-corrected chi connectivity index (χ4v) is 3.30. The third kappa shape index (κ3) is 7.06. The van der Waals surface area contributed by atoms with E-state index >= 15 is 0 Å². The van der Waals surface area contributed by atoms with E-state index in [2.05, 4.69) is 4.72 Å². The molecule has 0 unspecified atom stereocenters. The van der Waals surface area contributed by atoms with Crippen molar-refractivity contribution in [1.82, 2.24) is 4.72 Å². The van der Waals surface area contributed by atoms with E-state index in [0.29, 0.717) is 17.4 Å². The van der Waals surface area contributed by atoms with Crippen LogP contribution in [0.2, 0.25) is 0 Å². The molecule has 0 heterocycles. The van der Waals surface area contributed by atoms with Crippen LogP contribution in [0.4, 0.5) is 13.2 Å². The van der Waals surface area contributed by atoms with Gasteiger partial charge in [0.15, 0.2) is 0 Å². The molecule has 0 aliphatic heterocycles. The highest BCUT2D eigenvalue weighted by Crippen LogP contribution is 2.30. The minimum absolute atomic E-state index is 0.0492. The molecule has 2 rings (SSSR count). The molecule has 0 atom stereocenters. The van der Waals surface area contributed by atoms with Gasteiger partial charge in [0.05, 0.1) is 28.5 Å². The van der Waals surface area contributed by atoms with E-state index in [1.54, 1.807) is 24.3 Å². The number of benzene rings is 2. The van der Waals surface area contributed by atoms with Crippen LogP contribution in [0.1, 0.15) is 17.5 Å². The summed E-state index contributed by atoms with van der Waals surface area (Å²) in [5.74, 6) is -0.218. The summed E-state index contributed by atoms with van der Waals surface area (Å²) in [5, 5.41) is 8.70. The predicted molar refractivity (Wildman–Crippen MR) is 98.9 cm³/mol. The fraction of sp³-hybridized carbons (Fsp3) is 0.263. The molecule has 0 saturated heterocycles. The Hall–Kier alpha value is -3.10. The standard InChI is InChI=1S/C19H17F3N2O5S/c20-19(21,22)15-2-1-3-17(12-15)30(26,27)24-9-8-18(25)29-11-10-28-16-6-4-14(13-23)5-7-16/h1-7,12,24H,8-11H2. The van der Waals surface area contributed by atoms with Crippen LogP contribution in [0.15, 0.2) is 53.4 Å². The van der Waals surface area contributed by atoms with Crippen molar-refractivity contribution in [2.24, 2.45) is 0 Å². The molecule has 160 valence electrons. The van der Waals surface area contributed by atoms with Crippen molar-refractivity contribution in [3.8, 4) is 11.8 Å². The number of nitrogens with one attached hydrogen (secondary N) is 1. The summed E-state index contributed by atoms with van der Waals surface area (Å²) in [6.07, 6.45) is -4.98. The van der Waals surface area contributed by atoms with E-state index < -0.39 is 32.6 Å². The first-order valence-corrected chi connectivity index (χ1v) is 10.1. The van der Waals surface area contributed by atoms with Crippen molar-refractivity contribution >= 4 is 16.0 Å². The van der Waals surface area contributed by atoms with Gasteiger partial charge < -0.3 is 9.47 Å². The minimum Gasteiger partial charge on any atom is -0.490 e. The van der Waals surface area contributed by atoms with Crippen LogP contribution >= 0.6 is 0 Å². The third-order valence-corrected chi connectivity index (χ3v) is 5.15. The topological polar surface area (TPSA) is 105 Å². The van der Waals surface area contributed by atoms with Crippen LogP contribution in [-0.2, 0) is 25.7 Å². The van der Waals surface area contributed by atoms with Gasteiger partial charge in [-0.15, -0.1) is 0 Å². The lowest BCUT2D eigenvalue weighted by Gasteiger charge is -2.10. The lowest BCUT2D eigenvalue weighted by molar-refractivity contribution is -0.144. The number of sulfonamides is 1. The summed E-state index contributed by atoms with van der Waals surface area (Å²) < 4.78 is 74.6. The van der Waals surface area contributed by atoms with Crippen LogP contribution in [0, 0.1) is 11.3 Å². The van der Waals surface area contributed by atoms with Gasteiger partial charge in [0.1, 0.15) is 19.0 Å². The normalized spacial score (nSPS) is 11.5. The van der Waals surface area contributed by atoms with Gasteiger partial charge in [-0.25, -0.2) is 13.1 Å². The maximum Gasteiger partial charge on any atom is 0.416 e. The number of ether oxygens (including phenoxy) is 2. The average molecular weight is 442 g/mol. The summed E-state index contributed by atoms with van der Waals surface area (Å²) in [6, 6.07) is 11.6. The van der Waals surface area contributed by atoms with Crippen LogP contribution in [0.3, 0.4) is 0 Å². The van der Waals surface area contributed by atoms with Crippen molar-refractivity contribution in [3.05, 3.63) is 59.7 Å². The molecular formula is C19H17F3N2O5S. The highest BCUT2D eigenvalue weighted by atomic mass is 32.2. The molecule has 0 bridgehead atoms. The SMILES string of the molecule is N#Cc1ccc(OCCOC(=O)CCNS(=O)(=O)c2cccc(C(F)(F)F)c2)cc1. The second-order valence-corrected chi connectivity index (χ2v) is 7.65. The Kier molecular flexibility index (Phi) is 7.79.